The molecule has 2 aliphatic rings. The van der Waals surface area contributed by atoms with Gasteiger partial charge in [-0.2, -0.15) is 5.10 Å². The number of nitrogens with zero attached hydrogens (tertiary/aromatic N) is 4. The van der Waals surface area contributed by atoms with E-state index in [4.69, 9.17) is 4.74 Å². The Morgan fingerprint density at radius 3 is 2.34 bits per heavy atom. The van der Waals surface area contributed by atoms with Gasteiger partial charge in [-0.3, -0.25) is 19.9 Å². The van der Waals surface area contributed by atoms with Gasteiger partial charge in [-0.05, 0) is 47.5 Å². The molecule has 3 aromatic rings. The van der Waals surface area contributed by atoms with Crippen molar-refractivity contribution in [1.82, 2.24) is 5.01 Å². The van der Waals surface area contributed by atoms with Gasteiger partial charge in [-0.1, -0.05) is 36.4 Å². The molecule has 4 atom stereocenters. The summed E-state index contributed by atoms with van der Waals surface area (Å²) >= 11 is 0. The van der Waals surface area contributed by atoms with Gasteiger partial charge >= 0.3 is 0 Å². The number of fused-ring (bicyclic) bond motifs is 3. The quantitative estimate of drug-likeness (QED) is 0.306. The predicted molar refractivity (Wildman–Crippen MR) is 134 cm³/mol. The second-order valence-corrected chi connectivity index (χ2v) is 9.02. The number of hydrogen-bond donors (Lipinski definition) is 0. The second kappa shape index (κ2) is 8.87. The lowest BCUT2D eigenvalue weighted by Gasteiger charge is -2.30. The largest absolute Gasteiger partial charge is 0.497 e. The number of nitro groups is 1. The number of methoxy groups -OCH3 is 1. The van der Waals surface area contributed by atoms with Gasteiger partial charge in [-0.25, -0.2) is 0 Å². The Morgan fingerprint density at radius 2 is 1.71 bits per heavy atom. The highest BCUT2D eigenvalue weighted by Gasteiger charge is 2.60. The van der Waals surface area contributed by atoms with Crippen molar-refractivity contribution < 1.29 is 14.5 Å². The van der Waals surface area contributed by atoms with Crippen LogP contribution in [0.4, 0.5) is 5.69 Å². The van der Waals surface area contributed by atoms with Gasteiger partial charge in [0.1, 0.15) is 17.8 Å². The van der Waals surface area contributed by atoms with E-state index in [2.05, 4.69) is 5.10 Å². The minimum atomic E-state index is -1.05. The Hall–Kier alpha value is -4.20. The van der Waals surface area contributed by atoms with Crippen molar-refractivity contribution in [3.8, 4) is 5.75 Å². The van der Waals surface area contributed by atoms with E-state index < -0.39 is 24.0 Å². The van der Waals surface area contributed by atoms with Crippen LogP contribution in [0, 0.1) is 10.1 Å². The van der Waals surface area contributed by atoms with Crippen LogP contribution in [-0.4, -0.2) is 55.2 Å². The molecule has 8 heteroatoms. The monoisotopic (exact) mass is 470 g/mol. The fourth-order valence-electron chi connectivity index (χ4n) is 5.20. The Labute approximate surface area is 203 Å². The van der Waals surface area contributed by atoms with Gasteiger partial charge in [-0.15, -0.1) is 0 Å². The van der Waals surface area contributed by atoms with Crippen LogP contribution in [-0.2, 0) is 0 Å². The van der Waals surface area contributed by atoms with Crippen LogP contribution < -0.4 is 9.64 Å². The summed E-state index contributed by atoms with van der Waals surface area (Å²) in [4.78, 5) is 28.3. The Morgan fingerprint density at radius 1 is 1.03 bits per heavy atom. The molecule has 1 saturated heterocycles. The smallest absolute Gasteiger partial charge is 0.248 e. The zero-order valence-corrected chi connectivity index (χ0v) is 19.7. The van der Waals surface area contributed by atoms with E-state index in [-0.39, 0.29) is 10.7 Å². The van der Waals surface area contributed by atoms with Crippen molar-refractivity contribution in [2.45, 2.75) is 24.0 Å². The van der Waals surface area contributed by atoms with E-state index in [9.17, 15) is 14.9 Å². The third kappa shape index (κ3) is 3.80. The molecule has 0 radical (unpaired) electrons. The lowest BCUT2D eigenvalue weighted by molar-refractivity contribution is -0.529. The molecule has 35 heavy (non-hydrogen) atoms. The number of carbonyl (C=O) groups is 1. The summed E-state index contributed by atoms with van der Waals surface area (Å²) in [5.41, 5.74) is 3.82. The standard InChI is InChI=1S/C27H26N4O4/c1-29(2)20-12-8-17(9-13-20)23-25(31(33)34)24-22-7-5-4-6-19(22)16-28-30(24)26(23)27(32)18-10-14-21(35-3)15-11-18/h4-16,23-26H,1-3H3/t23-,24+,25-,26-/m1/s1. The number of Topliss-reactive ketones (excluding diaryl/α,β-unsaturated/α-hetero) is 1. The van der Waals surface area contributed by atoms with E-state index in [1.807, 2.05) is 67.5 Å². The van der Waals surface area contributed by atoms with Crippen LogP contribution in [0.5, 0.6) is 5.75 Å². The maximum absolute atomic E-state index is 14.0. The minimum Gasteiger partial charge on any atom is -0.497 e. The number of hydrogen-bond acceptors (Lipinski definition) is 7. The molecule has 5 rings (SSSR count). The number of anilines is 1. The molecule has 1 fully saturated rings. The zero-order chi connectivity index (χ0) is 24.7. The highest BCUT2D eigenvalue weighted by Crippen LogP contribution is 2.49. The summed E-state index contributed by atoms with van der Waals surface area (Å²) in [6.07, 6.45) is 1.69. The summed E-state index contributed by atoms with van der Waals surface area (Å²) < 4.78 is 5.23. The molecule has 0 unspecified atom stereocenters. The average molecular weight is 471 g/mol. The summed E-state index contributed by atoms with van der Waals surface area (Å²) in [7, 11) is 5.44. The van der Waals surface area contributed by atoms with E-state index in [1.165, 1.54) is 0 Å². The Kier molecular flexibility index (Phi) is 5.72. The van der Waals surface area contributed by atoms with E-state index in [0.717, 1.165) is 22.4 Å². The molecule has 8 nitrogen and oxygen atoms in total. The van der Waals surface area contributed by atoms with Gasteiger partial charge in [0.25, 0.3) is 0 Å². The number of carbonyl (C=O) groups excluding carboxylic acids is 1. The molecule has 178 valence electrons. The van der Waals surface area contributed by atoms with Crippen LogP contribution in [0.1, 0.15) is 39.0 Å². The molecule has 0 amide bonds. The molecule has 3 aromatic carbocycles. The number of benzene rings is 3. The summed E-state index contributed by atoms with van der Waals surface area (Å²) in [5.74, 6) is -0.265. The molecule has 0 aromatic heterocycles. The lowest BCUT2D eigenvalue weighted by Crippen LogP contribution is -2.38. The first-order valence-corrected chi connectivity index (χ1v) is 11.4. The van der Waals surface area contributed by atoms with Crippen molar-refractivity contribution in [1.29, 1.82) is 0 Å². The first kappa shape index (κ1) is 22.6. The lowest BCUT2D eigenvalue weighted by atomic mass is 9.82. The first-order chi connectivity index (χ1) is 16.9. The highest BCUT2D eigenvalue weighted by molar-refractivity contribution is 6.01. The van der Waals surface area contributed by atoms with Crippen LogP contribution in [0.25, 0.3) is 0 Å². The highest BCUT2D eigenvalue weighted by atomic mass is 16.6. The second-order valence-electron chi connectivity index (χ2n) is 9.02. The molecule has 0 N–H and O–H groups in total. The molecule has 2 heterocycles. The number of hydrazone groups is 1. The van der Waals surface area contributed by atoms with Crippen LogP contribution >= 0.6 is 0 Å². The van der Waals surface area contributed by atoms with Crippen molar-refractivity contribution in [3.05, 3.63) is 105 Å². The fourth-order valence-corrected chi connectivity index (χ4v) is 5.20. The Balaban J connectivity index is 1.66. The van der Waals surface area contributed by atoms with Gasteiger partial charge in [0.2, 0.25) is 6.04 Å². The average Bonchev–Trinajstić information content (AvgIpc) is 3.24. The predicted octanol–water partition coefficient (Wildman–Crippen LogP) is 4.15. The summed E-state index contributed by atoms with van der Waals surface area (Å²) in [5, 5.41) is 18.8. The summed E-state index contributed by atoms with van der Waals surface area (Å²) in [6, 6.07) is 19.5. The number of ketones is 1. The number of rotatable bonds is 6. The van der Waals surface area contributed by atoms with Crippen LogP contribution in [0.3, 0.4) is 0 Å². The van der Waals surface area contributed by atoms with Crippen LogP contribution in [0.15, 0.2) is 77.9 Å². The van der Waals surface area contributed by atoms with Crippen LogP contribution in [0.2, 0.25) is 0 Å². The van der Waals surface area contributed by atoms with Crippen molar-refractivity contribution in [2.75, 3.05) is 26.1 Å². The Bertz CT molecular complexity index is 1290. The SMILES string of the molecule is COc1ccc(C(=O)[C@H]2[C@H](c3ccc(N(C)C)cc3)[C@@H]([N+](=O)[O-])[C@@H]3c4ccccc4C=NN23)cc1. The van der Waals surface area contributed by atoms with Gasteiger partial charge < -0.3 is 9.64 Å². The van der Waals surface area contributed by atoms with Gasteiger partial charge in [0.05, 0.1) is 19.2 Å². The van der Waals surface area contributed by atoms with Gasteiger partial charge in [0.15, 0.2) is 5.78 Å². The molecule has 0 bridgehead atoms. The molecular weight excluding hydrogens is 444 g/mol. The van der Waals surface area contributed by atoms with E-state index in [1.54, 1.807) is 42.6 Å². The normalized spacial score (nSPS) is 22.3. The van der Waals surface area contributed by atoms with E-state index >= 15 is 0 Å². The molecular formula is C27H26N4O4. The van der Waals surface area contributed by atoms with Crippen molar-refractivity contribution >= 4 is 17.7 Å². The topological polar surface area (TPSA) is 88.3 Å². The summed E-state index contributed by atoms with van der Waals surface area (Å²) in [6.45, 7) is 0. The third-order valence-electron chi connectivity index (χ3n) is 6.93. The zero-order valence-electron chi connectivity index (χ0n) is 19.7. The first-order valence-electron chi connectivity index (χ1n) is 11.4. The molecule has 2 aliphatic heterocycles. The molecule has 0 spiro atoms. The molecule has 0 saturated carbocycles. The van der Waals surface area contributed by atoms with E-state index in [0.29, 0.717) is 11.3 Å². The minimum absolute atomic E-state index is 0.208. The molecule has 0 aliphatic carbocycles. The van der Waals surface area contributed by atoms with Crippen molar-refractivity contribution in [2.24, 2.45) is 5.10 Å². The van der Waals surface area contributed by atoms with Crippen molar-refractivity contribution in [3.63, 3.8) is 0 Å². The maximum atomic E-state index is 14.0. The van der Waals surface area contributed by atoms with Gasteiger partial charge in [0, 0.05) is 35.8 Å². The fraction of sp³-hybridized carbons (Fsp3) is 0.259. The third-order valence-corrected chi connectivity index (χ3v) is 6.93. The number of ether oxygens (including phenoxy) is 1. The maximum Gasteiger partial charge on any atom is 0.248 e.